The molecule has 0 N–H and O–H groups in total. The molecule has 0 nitrogen and oxygen atoms in total. The Hall–Kier alpha value is 0.546. The van der Waals surface area contributed by atoms with Crippen molar-refractivity contribution >= 4 is 50.6 Å². The second-order valence-corrected chi connectivity index (χ2v) is 3.44. The van der Waals surface area contributed by atoms with E-state index < -0.39 is 11.7 Å². The normalized spacial score (nSPS) is 10.8. The zero-order valence-electron chi connectivity index (χ0n) is 8.33. The second-order valence-electron chi connectivity index (χ2n) is 2.12. The fourth-order valence-electron chi connectivity index (χ4n) is 0.715. The fraction of sp³-hybridized carbons (Fsp3) is 0.143. The molecule has 1 aromatic carbocycles. The number of rotatable bonds is 0. The van der Waals surface area contributed by atoms with Gasteiger partial charge in [0.25, 0.3) is 0 Å². The number of halogens is 5. The molecule has 0 amide bonds. The average Bonchev–Trinajstić information content (AvgIpc) is 1.92. The van der Waals surface area contributed by atoms with Crippen LogP contribution in [0.5, 0.6) is 0 Å². The summed E-state index contributed by atoms with van der Waals surface area (Å²) in [7, 11) is 0. The number of hydrogen-bond donors (Lipinski definition) is 0. The first-order chi connectivity index (χ1) is 5.41. The summed E-state index contributed by atoms with van der Waals surface area (Å²) < 4.78 is 36.7. The first kappa shape index (κ1) is 13.5. The van der Waals surface area contributed by atoms with Gasteiger partial charge in [0.05, 0.1) is 10.6 Å². The Morgan fingerprint density at radius 1 is 1.31 bits per heavy atom. The van der Waals surface area contributed by atoms with Crippen LogP contribution in [0.2, 0.25) is 5.02 Å². The molecule has 0 aromatic heterocycles. The van der Waals surface area contributed by atoms with Crippen LogP contribution in [0.25, 0.3) is 0 Å². The van der Waals surface area contributed by atoms with Crippen molar-refractivity contribution in [3.8, 4) is 0 Å². The van der Waals surface area contributed by atoms with Crippen LogP contribution in [0.4, 0.5) is 13.2 Å². The summed E-state index contributed by atoms with van der Waals surface area (Å²) in [6.45, 7) is 0. The van der Waals surface area contributed by atoms with E-state index in [1.54, 1.807) is 0 Å². The molecule has 6 heteroatoms. The Kier molecular flexibility index (Phi) is 5.07. The third kappa shape index (κ3) is 3.65. The number of alkyl halides is 3. The summed E-state index contributed by atoms with van der Waals surface area (Å²) >= 11 is 8.27. The molecule has 0 atom stereocenters. The second kappa shape index (κ2) is 4.86. The van der Waals surface area contributed by atoms with Gasteiger partial charge < -0.3 is 2.85 Å². The predicted octanol–water partition coefficient (Wildman–Crippen LogP) is 3.97. The van der Waals surface area contributed by atoms with Crippen LogP contribution in [0.3, 0.4) is 0 Å². The van der Waals surface area contributed by atoms with E-state index in [9.17, 15) is 13.2 Å². The summed E-state index contributed by atoms with van der Waals surface area (Å²) in [6.07, 6.45) is -4.39. The van der Waals surface area contributed by atoms with Crippen LogP contribution in [-0.2, 0) is 6.18 Å². The van der Waals surface area contributed by atoms with Crippen LogP contribution in [0.15, 0.2) is 22.7 Å². The molecule has 0 saturated carbocycles. The quantitative estimate of drug-likeness (QED) is 0.633. The number of hydrogen-bond acceptors (Lipinski definition) is 0. The first-order valence-electron chi connectivity index (χ1n) is 2.93. The molecule has 13 heavy (non-hydrogen) atoms. The molecule has 0 aliphatic rings. The molecule has 0 heterocycles. The Bertz CT molecular complexity index is 309. The van der Waals surface area contributed by atoms with E-state index in [2.05, 4.69) is 15.9 Å². The molecule has 0 bridgehead atoms. The molecule has 0 aliphatic carbocycles. The maximum Gasteiger partial charge on any atom is 2.00 e. The summed E-state index contributed by atoms with van der Waals surface area (Å²) in [5.41, 5.74) is -0.821. The summed E-state index contributed by atoms with van der Waals surface area (Å²) in [4.78, 5) is 0. The van der Waals surface area contributed by atoms with Gasteiger partial charge in [-0.1, -0.05) is 27.5 Å². The zero-order valence-corrected chi connectivity index (χ0v) is 10.1. The van der Waals surface area contributed by atoms with E-state index in [4.69, 9.17) is 11.6 Å². The van der Waals surface area contributed by atoms with Crippen molar-refractivity contribution < 1.29 is 16.0 Å². The minimum absolute atomic E-state index is 0. The summed E-state index contributed by atoms with van der Waals surface area (Å²) in [6, 6.07) is 3.61. The van der Waals surface area contributed by atoms with Crippen molar-refractivity contribution in [3.05, 3.63) is 33.3 Å². The van der Waals surface area contributed by atoms with E-state index in [0.29, 0.717) is 4.47 Å². The zero-order chi connectivity index (χ0) is 9.35. The van der Waals surface area contributed by atoms with Crippen LogP contribution in [0, 0.1) is 0 Å². The van der Waals surface area contributed by atoms with Crippen molar-refractivity contribution in [3.63, 3.8) is 0 Å². The Labute approximate surface area is 106 Å². The van der Waals surface area contributed by atoms with Crippen LogP contribution in [-0.4, -0.2) is 23.1 Å². The van der Waals surface area contributed by atoms with E-state index in [0.717, 1.165) is 6.07 Å². The van der Waals surface area contributed by atoms with E-state index in [1.165, 1.54) is 12.1 Å². The SMILES string of the molecule is FC(F)(F)c1cc(Br)ccc1Cl.[H-].[H-].[Mg+2]. The minimum Gasteiger partial charge on any atom is -1.00 e. The van der Waals surface area contributed by atoms with Gasteiger partial charge >= 0.3 is 29.2 Å². The Morgan fingerprint density at radius 3 is 2.23 bits per heavy atom. The van der Waals surface area contributed by atoms with E-state index >= 15 is 0 Å². The fourth-order valence-corrected chi connectivity index (χ4v) is 1.30. The van der Waals surface area contributed by atoms with Crippen LogP contribution in [0.1, 0.15) is 8.42 Å². The minimum atomic E-state index is -4.39. The Morgan fingerprint density at radius 2 is 1.85 bits per heavy atom. The van der Waals surface area contributed by atoms with Gasteiger partial charge in [-0.25, -0.2) is 0 Å². The molecule has 0 saturated heterocycles. The third-order valence-corrected chi connectivity index (χ3v) is 2.06. The van der Waals surface area contributed by atoms with Crippen LogP contribution < -0.4 is 0 Å². The van der Waals surface area contributed by atoms with Crippen molar-refractivity contribution in [1.29, 1.82) is 0 Å². The van der Waals surface area contributed by atoms with Crippen LogP contribution >= 0.6 is 27.5 Å². The van der Waals surface area contributed by atoms with Gasteiger partial charge in [-0.2, -0.15) is 13.2 Å². The largest absolute Gasteiger partial charge is 2.00 e. The maximum absolute atomic E-state index is 12.1. The molecule has 70 valence electrons. The van der Waals surface area contributed by atoms with Crippen molar-refractivity contribution in [1.82, 2.24) is 0 Å². The molecule has 0 unspecified atom stereocenters. The average molecular weight is 286 g/mol. The van der Waals surface area contributed by atoms with Gasteiger partial charge in [-0.3, -0.25) is 0 Å². The van der Waals surface area contributed by atoms with Crippen molar-refractivity contribution in [2.45, 2.75) is 6.18 Å². The molecular formula is C7H5BrClF3Mg. The molecule has 1 aromatic rings. The third-order valence-electron chi connectivity index (χ3n) is 1.23. The predicted molar refractivity (Wildman–Crippen MR) is 52.1 cm³/mol. The van der Waals surface area contributed by atoms with Crippen molar-refractivity contribution in [2.75, 3.05) is 0 Å². The molecule has 0 fully saturated rings. The van der Waals surface area contributed by atoms with Gasteiger partial charge in [-0.05, 0) is 18.2 Å². The molecule has 0 radical (unpaired) electrons. The monoisotopic (exact) mass is 284 g/mol. The van der Waals surface area contributed by atoms with Gasteiger partial charge in [0.1, 0.15) is 0 Å². The first-order valence-corrected chi connectivity index (χ1v) is 4.10. The van der Waals surface area contributed by atoms with Gasteiger partial charge in [-0.15, -0.1) is 0 Å². The number of benzene rings is 1. The smallest absolute Gasteiger partial charge is 1.00 e. The molecule has 1 rings (SSSR count). The molecular weight excluding hydrogens is 281 g/mol. The van der Waals surface area contributed by atoms with E-state index in [-0.39, 0.29) is 30.9 Å². The van der Waals surface area contributed by atoms with Gasteiger partial charge in [0, 0.05) is 4.47 Å². The maximum atomic E-state index is 12.1. The van der Waals surface area contributed by atoms with Crippen molar-refractivity contribution in [2.24, 2.45) is 0 Å². The van der Waals surface area contributed by atoms with Gasteiger partial charge in [0.2, 0.25) is 0 Å². The molecule has 0 spiro atoms. The van der Waals surface area contributed by atoms with E-state index in [1.807, 2.05) is 0 Å². The molecule has 0 aliphatic heterocycles. The Balaban J connectivity index is -0.000000480. The van der Waals surface area contributed by atoms with Gasteiger partial charge in [0.15, 0.2) is 0 Å². The summed E-state index contributed by atoms with van der Waals surface area (Å²) in [5, 5.41) is -0.286. The summed E-state index contributed by atoms with van der Waals surface area (Å²) in [5.74, 6) is 0. The topological polar surface area (TPSA) is 0 Å². The standard InChI is InChI=1S/C7H3BrClF3.Mg.2H/c8-4-1-2-6(9)5(3-4)7(10,11)12;;;/h1-3H;;;/q;+2;2*-1.